The summed E-state index contributed by atoms with van der Waals surface area (Å²) < 4.78 is 14.3. The third-order valence-electron chi connectivity index (χ3n) is 11.5. The van der Waals surface area contributed by atoms with E-state index in [2.05, 4.69) is 40.3 Å². The molecule has 274 valence electrons. The second-order valence-corrected chi connectivity index (χ2v) is 17.3. The molecule has 1 N–H and O–H groups in total. The van der Waals surface area contributed by atoms with Crippen LogP contribution in [0.2, 0.25) is 0 Å². The Morgan fingerprint density at radius 1 is 0.980 bits per heavy atom. The maximum Gasteiger partial charge on any atom is 0.272 e. The summed E-state index contributed by atoms with van der Waals surface area (Å²) in [5.41, 5.74) is 2.82. The fraction of sp³-hybridized carbons (Fsp3) is 0.550. The van der Waals surface area contributed by atoms with Gasteiger partial charge in [0.1, 0.15) is 17.0 Å². The molecule has 3 aromatic rings. The van der Waals surface area contributed by atoms with Crippen molar-refractivity contribution in [1.29, 1.82) is 0 Å². The molecule has 4 saturated carbocycles. The molecule has 1 aromatic heterocycles. The number of carbonyl (C=O) groups is 3. The molecule has 2 amide bonds. The van der Waals surface area contributed by atoms with Crippen LogP contribution in [0.1, 0.15) is 84.7 Å². The topological polar surface area (TPSA) is 103 Å². The lowest BCUT2D eigenvalue weighted by Crippen LogP contribution is -2.69. The zero-order valence-electron chi connectivity index (χ0n) is 31.3. The largest absolute Gasteiger partial charge is 0.496 e. The molecule has 11 heteroatoms. The molecule has 51 heavy (non-hydrogen) atoms. The molecule has 2 aromatic carbocycles. The highest BCUT2D eigenvalue weighted by Gasteiger charge is 2.61. The Morgan fingerprint density at radius 3 is 2.12 bits per heavy atom. The van der Waals surface area contributed by atoms with E-state index in [9.17, 15) is 14.4 Å². The molecule has 1 heterocycles. The highest BCUT2D eigenvalue weighted by Crippen LogP contribution is 2.59. The first kappa shape index (κ1) is 37.3. The lowest BCUT2D eigenvalue weighted by atomic mass is 9.49. The van der Waals surface area contributed by atoms with E-state index in [-0.39, 0.29) is 39.1 Å². The number of quaternary nitrogens is 1. The van der Waals surface area contributed by atoms with Crippen LogP contribution in [0.25, 0.3) is 16.9 Å². The zero-order chi connectivity index (χ0) is 36.8. The average molecular weight is 811 g/mol. The van der Waals surface area contributed by atoms with Gasteiger partial charge in [-0.2, -0.15) is 5.10 Å². The van der Waals surface area contributed by atoms with Crippen LogP contribution in [0.4, 0.5) is 0 Å². The van der Waals surface area contributed by atoms with E-state index >= 15 is 0 Å². The van der Waals surface area contributed by atoms with Crippen LogP contribution in [0, 0.1) is 23.7 Å². The van der Waals surface area contributed by atoms with Gasteiger partial charge in [-0.05, 0) is 104 Å². The van der Waals surface area contributed by atoms with Gasteiger partial charge >= 0.3 is 0 Å². The highest BCUT2D eigenvalue weighted by molar-refractivity contribution is 14.1. The fourth-order valence-corrected chi connectivity index (χ4v) is 10.2. The quantitative estimate of drug-likeness (QED) is 0.117. The number of aromatic nitrogens is 2. The van der Waals surface area contributed by atoms with Crippen molar-refractivity contribution in [1.82, 2.24) is 20.0 Å². The molecule has 10 nitrogen and oxygen atoms in total. The van der Waals surface area contributed by atoms with Gasteiger partial charge < -0.3 is 24.2 Å². The highest BCUT2D eigenvalue weighted by atomic mass is 127. The standard InChI is InChI=1S/C40H52IN5O5/c1-24(2)30-22-27(38(48)44(3)15-10-16-46(4,5)6)13-14-32(30)45-33(36-34(50-7)11-9-12-35(36)51-8)23-31(43-45)37(47)42-40(39(41)49)28-18-25-17-26(20-28)21-29(40)19-25/h9,11-14,22-26,28-29H,10,15-21H2,1-8H3/p+1. The summed E-state index contributed by atoms with van der Waals surface area (Å²) in [5, 5.41) is 8.29. The molecule has 4 aliphatic carbocycles. The van der Waals surface area contributed by atoms with E-state index in [4.69, 9.17) is 14.6 Å². The van der Waals surface area contributed by atoms with E-state index in [0.29, 0.717) is 46.7 Å². The number of hydrogen-bond donors (Lipinski definition) is 1. The van der Waals surface area contributed by atoms with Gasteiger partial charge in [0.15, 0.2) is 5.69 Å². The smallest absolute Gasteiger partial charge is 0.272 e. The molecular formula is C40H53IN5O5+. The number of ether oxygens (including phenoxy) is 2. The monoisotopic (exact) mass is 810 g/mol. The Hall–Kier alpha value is -3.45. The van der Waals surface area contributed by atoms with Crippen LogP contribution < -0.4 is 14.8 Å². The Balaban J connectivity index is 1.42. The van der Waals surface area contributed by atoms with Crippen molar-refractivity contribution in [2.75, 3.05) is 55.5 Å². The van der Waals surface area contributed by atoms with Crippen LogP contribution >= 0.6 is 22.6 Å². The molecule has 0 spiro atoms. The summed E-state index contributed by atoms with van der Waals surface area (Å²) in [6.07, 6.45) is 6.07. The van der Waals surface area contributed by atoms with Gasteiger partial charge in [-0.25, -0.2) is 4.68 Å². The van der Waals surface area contributed by atoms with Gasteiger partial charge in [0.2, 0.25) is 3.79 Å². The first-order valence-corrected chi connectivity index (χ1v) is 19.3. The summed E-state index contributed by atoms with van der Waals surface area (Å²) in [7, 11) is 11.5. The van der Waals surface area contributed by atoms with Gasteiger partial charge in [0.05, 0.1) is 58.9 Å². The molecule has 7 rings (SSSR count). The van der Waals surface area contributed by atoms with Crippen molar-refractivity contribution in [3.63, 3.8) is 0 Å². The second kappa shape index (κ2) is 14.5. The maximum atomic E-state index is 14.4. The van der Waals surface area contributed by atoms with Crippen LogP contribution in [-0.4, -0.2) is 95.8 Å². The third kappa shape index (κ3) is 7.17. The van der Waals surface area contributed by atoms with Crippen molar-refractivity contribution in [3.8, 4) is 28.4 Å². The molecule has 0 radical (unpaired) electrons. The predicted molar refractivity (Wildman–Crippen MR) is 207 cm³/mol. The Kier molecular flexibility index (Phi) is 10.6. The normalized spacial score (nSPS) is 23.7. The molecular weight excluding hydrogens is 757 g/mol. The van der Waals surface area contributed by atoms with Crippen LogP contribution in [0.5, 0.6) is 11.5 Å². The van der Waals surface area contributed by atoms with Gasteiger partial charge in [0, 0.05) is 48.2 Å². The number of nitrogens with one attached hydrogen (secondary N) is 1. The van der Waals surface area contributed by atoms with E-state index in [1.165, 1.54) is 6.42 Å². The number of carbonyl (C=O) groups excluding carboxylic acids is 3. The van der Waals surface area contributed by atoms with Gasteiger partial charge in [0.25, 0.3) is 11.8 Å². The first-order valence-electron chi connectivity index (χ1n) is 18.2. The van der Waals surface area contributed by atoms with Crippen molar-refractivity contribution < 1.29 is 28.3 Å². The number of hydrogen-bond acceptors (Lipinski definition) is 6. The predicted octanol–water partition coefficient (Wildman–Crippen LogP) is 6.73. The number of nitrogens with zero attached hydrogens (tertiary/aromatic N) is 4. The lowest BCUT2D eigenvalue weighted by Gasteiger charge is -2.59. The summed E-state index contributed by atoms with van der Waals surface area (Å²) >= 11 is 1.92. The number of halogens is 1. The Morgan fingerprint density at radius 2 is 1.59 bits per heavy atom. The summed E-state index contributed by atoms with van der Waals surface area (Å²) in [5.74, 6) is 2.32. The molecule has 4 aliphatic rings. The first-order chi connectivity index (χ1) is 24.2. The Labute approximate surface area is 316 Å². The van der Waals surface area contributed by atoms with Crippen molar-refractivity contribution >= 4 is 38.2 Å². The molecule has 4 fully saturated rings. The van der Waals surface area contributed by atoms with Crippen molar-refractivity contribution in [2.45, 2.75) is 63.8 Å². The summed E-state index contributed by atoms with van der Waals surface area (Å²) in [6, 6.07) is 13.0. The minimum atomic E-state index is -0.889. The second-order valence-electron chi connectivity index (χ2n) is 16.3. The minimum Gasteiger partial charge on any atom is -0.496 e. The number of benzene rings is 2. The molecule has 0 aliphatic heterocycles. The molecule has 0 saturated heterocycles. The lowest BCUT2D eigenvalue weighted by molar-refractivity contribution is -0.870. The van der Waals surface area contributed by atoms with Crippen LogP contribution in [0.3, 0.4) is 0 Å². The zero-order valence-corrected chi connectivity index (χ0v) is 33.5. The van der Waals surface area contributed by atoms with Gasteiger partial charge in [-0.15, -0.1) is 0 Å². The molecule has 0 atom stereocenters. The SMILES string of the molecule is COc1cccc(OC)c1-c1cc(C(=O)NC2(C(=O)I)C3CC4CC(C3)CC2C4)nn1-c1ccc(C(=O)N(C)CCC[N+](C)(C)C)cc1C(C)C. The number of rotatable bonds is 13. The minimum absolute atomic E-state index is 0.0121. The number of methoxy groups -OCH3 is 2. The molecule has 4 bridgehead atoms. The van der Waals surface area contributed by atoms with E-state index in [0.717, 1.165) is 54.4 Å². The average Bonchev–Trinajstić information content (AvgIpc) is 3.52. The van der Waals surface area contributed by atoms with E-state index < -0.39 is 5.54 Å². The van der Waals surface area contributed by atoms with Crippen LogP contribution in [-0.2, 0) is 4.79 Å². The molecule has 0 unspecified atom stereocenters. The van der Waals surface area contributed by atoms with E-state index in [1.54, 1.807) is 29.9 Å². The fourth-order valence-electron chi connectivity index (χ4n) is 9.16. The van der Waals surface area contributed by atoms with Gasteiger partial charge in [-0.3, -0.25) is 14.4 Å². The van der Waals surface area contributed by atoms with Crippen LogP contribution in [0.15, 0.2) is 42.5 Å². The number of amides is 2. The van der Waals surface area contributed by atoms with Crippen molar-refractivity contribution in [2.24, 2.45) is 23.7 Å². The summed E-state index contributed by atoms with van der Waals surface area (Å²) in [4.78, 5) is 43.4. The van der Waals surface area contributed by atoms with Gasteiger partial charge in [-0.1, -0.05) is 19.9 Å². The van der Waals surface area contributed by atoms with Crippen molar-refractivity contribution in [3.05, 3.63) is 59.3 Å². The Bertz CT molecular complexity index is 1760. The maximum absolute atomic E-state index is 14.4. The van der Waals surface area contributed by atoms with E-state index in [1.807, 2.05) is 66.0 Å². The third-order valence-corrected chi connectivity index (χ3v) is 12.4. The summed E-state index contributed by atoms with van der Waals surface area (Å²) in [6.45, 7) is 5.79.